The average Bonchev–Trinajstić information content (AvgIpc) is 3.58. The summed E-state index contributed by atoms with van der Waals surface area (Å²) in [5.74, 6) is 1.79. The number of methoxy groups -OCH3 is 1. The summed E-state index contributed by atoms with van der Waals surface area (Å²) < 4.78 is 10.2. The average molecular weight is 432 g/mol. The van der Waals surface area contributed by atoms with E-state index in [0.29, 0.717) is 12.7 Å². The zero-order chi connectivity index (χ0) is 21.4. The van der Waals surface area contributed by atoms with Gasteiger partial charge in [0.1, 0.15) is 5.75 Å². The maximum absolute atomic E-state index is 5.80. The van der Waals surface area contributed by atoms with Crippen molar-refractivity contribution in [2.45, 2.75) is 32.1 Å². The predicted octanol–water partition coefficient (Wildman–Crippen LogP) is 5.06. The number of hydrogen-bond donors (Lipinski definition) is 0. The third-order valence-corrected chi connectivity index (χ3v) is 6.05. The molecule has 7 heteroatoms. The van der Waals surface area contributed by atoms with Gasteiger partial charge in [-0.2, -0.15) is 5.10 Å². The van der Waals surface area contributed by atoms with Gasteiger partial charge in [0.05, 0.1) is 13.8 Å². The number of ether oxygens (including phenoxy) is 1. The van der Waals surface area contributed by atoms with Gasteiger partial charge in [-0.15, -0.1) is 0 Å². The topological polar surface area (TPSA) is 48.1 Å². The van der Waals surface area contributed by atoms with E-state index in [1.807, 2.05) is 29.1 Å². The van der Waals surface area contributed by atoms with Gasteiger partial charge >= 0.3 is 0 Å². The lowest BCUT2D eigenvalue weighted by atomic mass is 10.1. The van der Waals surface area contributed by atoms with Crippen LogP contribution in [0.2, 0.25) is 0 Å². The molecule has 6 nitrogen and oxygen atoms in total. The molecule has 5 rings (SSSR count). The highest BCUT2D eigenvalue weighted by Gasteiger charge is 2.29. The summed E-state index contributed by atoms with van der Waals surface area (Å²) in [7, 11) is 3.79. The number of benzene rings is 2. The number of rotatable bonds is 7. The molecule has 0 N–H and O–H groups in total. The van der Waals surface area contributed by atoms with E-state index >= 15 is 0 Å². The van der Waals surface area contributed by atoms with E-state index in [-0.39, 0.29) is 0 Å². The van der Waals surface area contributed by atoms with Crippen LogP contribution >= 0.6 is 12.2 Å². The van der Waals surface area contributed by atoms with Crippen LogP contribution in [-0.2, 0) is 13.2 Å². The molecule has 0 radical (unpaired) electrons. The predicted molar refractivity (Wildman–Crippen MR) is 125 cm³/mol. The van der Waals surface area contributed by atoms with Crippen LogP contribution in [-0.4, -0.2) is 38.4 Å². The summed E-state index contributed by atoms with van der Waals surface area (Å²) in [5.41, 5.74) is 2.26. The Kier molecular flexibility index (Phi) is 5.29. The summed E-state index contributed by atoms with van der Waals surface area (Å²) in [5, 5.41) is 7.26. The fraction of sp³-hybridized carbons (Fsp3) is 0.292. The molecule has 0 aliphatic heterocycles. The second kappa shape index (κ2) is 8.24. The molecule has 158 valence electrons. The van der Waals surface area contributed by atoms with E-state index in [9.17, 15) is 0 Å². The molecule has 1 aliphatic carbocycles. The third kappa shape index (κ3) is 4.11. The minimum atomic E-state index is 0.458. The normalized spacial score (nSPS) is 13.8. The van der Waals surface area contributed by atoms with Crippen LogP contribution < -0.4 is 4.74 Å². The lowest BCUT2D eigenvalue weighted by molar-refractivity contribution is 0.244. The first kappa shape index (κ1) is 19.9. The number of nitrogens with zero attached hydrogens (tertiary/aromatic N) is 5. The standard InChI is InChI=1S/C24H25N5OS/c1-27(15-17-5-6-19-13-22(30-2)10-7-18(19)12-17)16-28-24(31)29(21-8-9-21)23(26-28)20-4-3-11-25-14-20/h3-7,10-14,21H,8-9,15-16H2,1-2H3. The highest BCUT2D eigenvalue weighted by atomic mass is 32.1. The first-order valence-corrected chi connectivity index (χ1v) is 10.9. The van der Waals surface area contributed by atoms with Crippen molar-refractivity contribution < 1.29 is 4.74 Å². The van der Waals surface area contributed by atoms with E-state index < -0.39 is 0 Å². The molecule has 4 aromatic rings. The van der Waals surface area contributed by atoms with Crippen LogP contribution in [0.3, 0.4) is 0 Å². The number of pyridine rings is 1. The maximum Gasteiger partial charge on any atom is 0.199 e. The first-order chi connectivity index (χ1) is 15.1. The van der Waals surface area contributed by atoms with E-state index in [0.717, 1.165) is 41.3 Å². The van der Waals surface area contributed by atoms with Crippen molar-refractivity contribution in [3.05, 3.63) is 71.3 Å². The van der Waals surface area contributed by atoms with Crippen LogP contribution in [0.1, 0.15) is 24.4 Å². The maximum atomic E-state index is 5.80. The Balaban J connectivity index is 1.37. The van der Waals surface area contributed by atoms with Gasteiger partial charge in [0.25, 0.3) is 0 Å². The van der Waals surface area contributed by atoms with Crippen LogP contribution in [0.15, 0.2) is 60.9 Å². The Hall–Kier alpha value is -3.03. The van der Waals surface area contributed by atoms with Gasteiger partial charge in [-0.25, -0.2) is 4.68 Å². The smallest absolute Gasteiger partial charge is 0.199 e. The highest BCUT2D eigenvalue weighted by Crippen LogP contribution is 2.38. The minimum Gasteiger partial charge on any atom is -0.497 e. The van der Waals surface area contributed by atoms with Crippen molar-refractivity contribution in [1.29, 1.82) is 0 Å². The number of aromatic nitrogens is 4. The fourth-order valence-corrected chi connectivity index (χ4v) is 4.29. The second-order valence-corrected chi connectivity index (χ2v) is 8.52. The van der Waals surface area contributed by atoms with Crippen molar-refractivity contribution in [1.82, 2.24) is 24.2 Å². The van der Waals surface area contributed by atoms with Gasteiger partial charge in [-0.3, -0.25) is 14.5 Å². The molecule has 31 heavy (non-hydrogen) atoms. The molecular formula is C24H25N5OS. The Labute approximate surface area is 186 Å². The molecule has 0 spiro atoms. The van der Waals surface area contributed by atoms with E-state index in [1.54, 1.807) is 13.3 Å². The molecule has 1 aliphatic rings. The Bertz CT molecular complexity index is 1280. The van der Waals surface area contributed by atoms with Gasteiger partial charge in [0.2, 0.25) is 0 Å². The quantitative estimate of drug-likeness (QED) is 0.383. The highest BCUT2D eigenvalue weighted by molar-refractivity contribution is 7.71. The molecule has 2 heterocycles. The van der Waals surface area contributed by atoms with Gasteiger partial charge in [-0.05, 0) is 78.8 Å². The van der Waals surface area contributed by atoms with Crippen LogP contribution in [0, 0.1) is 4.77 Å². The molecule has 2 aromatic carbocycles. The summed E-state index contributed by atoms with van der Waals surface area (Å²) in [6, 6.07) is 17.2. The Morgan fingerprint density at radius 3 is 2.68 bits per heavy atom. The van der Waals surface area contributed by atoms with Crippen LogP contribution in [0.25, 0.3) is 22.2 Å². The van der Waals surface area contributed by atoms with Crippen molar-refractivity contribution >= 4 is 23.0 Å². The molecule has 0 amide bonds. The fourth-order valence-electron chi connectivity index (χ4n) is 3.96. The third-order valence-electron chi connectivity index (χ3n) is 5.64. The number of hydrogen-bond acceptors (Lipinski definition) is 5. The number of fused-ring (bicyclic) bond motifs is 1. The van der Waals surface area contributed by atoms with Gasteiger partial charge in [0, 0.05) is 30.5 Å². The van der Waals surface area contributed by atoms with Crippen molar-refractivity contribution in [3.8, 4) is 17.1 Å². The SMILES string of the molecule is COc1ccc2cc(CN(C)Cn3nc(-c4cccnc4)n(C4CC4)c3=S)ccc2c1. The van der Waals surface area contributed by atoms with E-state index in [1.165, 1.54) is 16.3 Å². The second-order valence-electron chi connectivity index (χ2n) is 8.15. The zero-order valence-corrected chi connectivity index (χ0v) is 18.5. The lowest BCUT2D eigenvalue weighted by Crippen LogP contribution is -2.22. The molecule has 0 bridgehead atoms. The van der Waals surface area contributed by atoms with E-state index in [2.05, 4.69) is 51.8 Å². The van der Waals surface area contributed by atoms with Gasteiger partial charge < -0.3 is 4.74 Å². The minimum absolute atomic E-state index is 0.458. The summed E-state index contributed by atoms with van der Waals surface area (Å²) >= 11 is 5.80. The lowest BCUT2D eigenvalue weighted by Gasteiger charge is -2.17. The first-order valence-electron chi connectivity index (χ1n) is 10.5. The summed E-state index contributed by atoms with van der Waals surface area (Å²) in [4.78, 5) is 6.49. The van der Waals surface area contributed by atoms with Crippen LogP contribution in [0.5, 0.6) is 5.75 Å². The molecule has 0 saturated heterocycles. The Morgan fingerprint density at radius 1 is 1.13 bits per heavy atom. The van der Waals surface area contributed by atoms with Gasteiger partial charge in [0.15, 0.2) is 10.6 Å². The molecular weight excluding hydrogens is 406 g/mol. The van der Waals surface area contributed by atoms with Crippen molar-refractivity contribution in [2.75, 3.05) is 14.2 Å². The molecule has 1 saturated carbocycles. The zero-order valence-electron chi connectivity index (χ0n) is 17.7. The van der Waals surface area contributed by atoms with Crippen LogP contribution in [0.4, 0.5) is 0 Å². The Morgan fingerprint density at radius 2 is 1.94 bits per heavy atom. The summed E-state index contributed by atoms with van der Waals surface area (Å²) in [6.07, 6.45) is 5.95. The van der Waals surface area contributed by atoms with Crippen molar-refractivity contribution in [3.63, 3.8) is 0 Å². The molecule has 2 aromatic heterocycles. The molecule has 0 atom stereocenters. The summed E-state index contributed by atoms with van der Waals surface area (Å²) in [6.45, 7) is 1.44. The van der Waals surface area contributed by atoms with E-state index in [4.69, 9.17) is 22.1 Å². The monoisotopic (exact) mass is 431 g/mol. The molecule has 0 unspecified atom stereocenters. The molecule has 1 fully saturated rings. The largest absolute Gasteiger partial charge is 0.497 e. The van der Waals surface area contributed by atoms with Crippen molar-refractivity contribution in [2.24, 2.45) is 0 Å². The van der Waals surface area contributed by atoms with Gasteiger partial charge in [-0.1, -0.05) is 18.2 Å².